The number of fused-ring (bicyclic) bond motifs is 1. The first kappa shape index (κ1) is 10.5. The maximum atomic E-state index is 10.5. The molecule has 6 nitrogen and oxygen atoms in total. The zero-order valence-electron chi connectivity index (χ0n) is 9.37. The van der Waals surface area contributed by atoms with Crippen LogP contribution >= 0.6 is 0 Å². The van der Waals surface area contributed by atoms with E-state index in [1.54, 1.807) is 12.3 Å². The molecule has 2 saturated heterocycles. The van der Waals surface area contributed by atoms with Crippen LogP contribution in [-0.4, -0.2) is 35.6 Å². The molecule has 0 aromatic carbocycles. The fraction of sp³-hybridized carbons (Fsp3) is 0.545. The zero-order valence-corrected chi connectivity index (χ0v) is 9.37. The topological polar surface area (TPSA) is 71.3 Å². The monoisotopic (exact) mass is 234 g/mol. The fourth-order valence-electron chi connectivity index (χ4n) is 2.53. The van der Waals surface area contributed by atoms with Gasteiger partial charge in [-0.15, -0.1) is 0 Å². The predicted molar refractivity (Wildman–Crippen MR) is 63.0 cm³/mol. The molecule has 90 valence electrons. The lowest BCUT2D eigenvalue weighted by Crippen LogP contribution is -2.62. The van der Waals surface area contributed by atoms with E-state index in [4.69, 9.17) is 0 Å². The van der Waals surface area contributed by atoms with Crippen molar-refractivity contribution >= 4 is 11.5 Å². The van der Waals surface area contributed by atoms with Crippen LogP contribution < -0.4 is 10.2 Å². The summed E-state index contributed by atoms with van der Waals surface area (Å²) in [6.45, 7) is 3.13. The lowest BCUT2D eigenvalue weighted by Gasteiger charge is -2.46. The van der Waals surface area contributed by atoms with E-state index < -0.39 is 4.92 Å². The van der Waals surface area contributed by atoms with Gasteiger partial charge in [-0.3, -0.25) is 0 Å². The summed E-state index contributed by atoms with van der Waals surface area (Å²) < 4.78 is 0. The molecule has 17 heavy (non-hydrogen) atoms. The van der Waals surface area contributed by atoms with Crippen LogP contribution in [0.25, 0.3) is 0 Å². The van der Waals surface area contributed by atoms with E-state index in [2.05, 4.69) is 15.2 Å². The molecule has 2 aliphatic rings. The Labute approximate surface area is 98.8 Å². The molecule has 1 N–H and O–H groups in total. The number of nitrogens with zero attached hydrogens (tertiary/aromatic N) is 3. The van der Waals surface area contributed by atoms with E-state index in [1.165, 1.54) is 12.5 Å². The Balaban J connectivity index is 1.73. The van der Waals surface area contributed by atoms with Gasteiger partial charge in [0.15, 0.2) is 6.20 Å². The van der Waals surface area contributed by atoms with Crippen molar-refractivity contribution in [2.45, 2.75) is 12.5 Å². The average Bonchev–Trinajstić information content (AvgIpc) is 2.31. The molecule has 1 aromatic heterocycles. The van der Waals surface area contributed by atoms with Crippen LogP contribution in [0.3, 0.4) is 0 Å². The highest BCUT2D eigenvalue weighted by molar-refractivity contribution is 5.47. The molecular weight excluding hydrogens is 220 g/mol. The highest BCUT2D eigenvalue weighted by Crippen LogP contribution is 2.27. The molecule has 3 heterocycles. The Morgan fingerprint density at radius 1 is 1.53 bits per heavy atom. The summed E-state index contributed by atoms with van der Waals surface area (Å²) in [5.74, 6) is 0.725. The Hall–Kier alpha value is -1.69. The van der Waals surface area contributed by atoms with Gasteiger partial charge < -0.3 is 20.3 Å². The van der Waals surface area contributed by atoms with E-state index in [0.29, 0.717) is 6.04 Å². The van der Waals surface area contributed by atoms with Gasteiger partial charge in [0.2, 0.25) is 0 Å². The van der Waals surface area contributed by atoms with Gasteiger partial charge in [-0.2, -0.15) is 0 Å². The van der Waals surface area contributed by atoms with Gasteiger partial charge in [-0.1, -0.05) is 0 Å². The van der Waals surface area contributed by atoms with Crippen LogP contribution in [0.2, 0.25) is 0 Å². The number of piperidine rings is 1. The largest absolute Gasteiger partial charge is 0.367 e. The average molecular weight is 234 g/mol. The van der Waals surface area contributed by atoms with Crippen LogP contribution in [0.15, 0.2) is 18.3 Å². The fourth-order valence-corrected chi connectivity index (χ4v) is 2.53. The lowest BCUT2D eigenvalue weighted by atomic mass is 9.85. The highest BCUT2D eigenvalue weighted by atomic mass is 16.6. The first-order valence-corrected chi connectivity index (χ1v) is 5.83. The van der Waals surface area contributed by atoms with Crippen molar-refractivity contribution in [2.24, 2.45) is 5.92 Å². The summed E-state index contributed by atoms with van der Waals surface area (Å²) in [6.07, 6.45) is 2.78. The molecule has 0 amide bonds. The molecule has 2 atom stereocenters. The van der Waals surface area contributed by atoms with Crippen LogP contribution in [-0.2, 0) is 0 Å². The first-order chi connectivity index (χ1) is 8.24. The van der Waals surface area contributed by atoms with Crippen molar-refractivity contribution in [3.8, 4) is 0 Å². The van der Waals surface area contributed by atoms with E-state index in [-0.39, 0.29) is 5.82 Å². The number of nitro groups is 1. The van der Waals surface area contributed by atoms with E-state index in [9.17, 15) is 10.1 Å². The molecule has 1 aromatic rings. The van der Waals surface area contributed by atoms with Gasteiger partial charge in [0.25, 0.3) is 0 Å². The minimum Gasteiger partial charge on any atom is -0.367 e. The summed E-state index contributed by atoms with van der Waals surface area (Å²) in [5, 5.41) is 13.9. The summed E-state index contributed by atoms with van der Waals surface area (Å²) >= 11 is 0. The second-order valence-electron chi connectivity index (χ2n) is 4.64. The summed E-state index contributed by atoms with van der Waals surface area (Å²) in [5.41, 5.74) is 0.975. The van der Waals surface area contributed by atoms with Gasteiger partial charge in [0.1, 0.15) is 0 Å². The number of nitrogens with one attached hydrogen (secondary N) is 1. The summed E-state index contributed by atoms with van der Waals surface area (Å²) in [7, 11) is 0. The molecule has 0 saturated carbocycles. The number of hydrogen-bond acceptors (Lipinski definition) is 5. The molecule has 6 heteroatoms. The Morgan fingerprint density at radius 2 is 2.41 bits per heavy atom. The normalized spacial score (nSPS) is 27.2. The van der Waals surface area contributed by atoms with Crippen molar-refractivity contribution in [3.05, 3.63) is 28.4 Å². The van der Waals surface area contributed by atoms with Gasteiger partial charge in [0, 0.05) is 25.2 Å². The Bertz CT molecular complexity index is 434. The van der Waals surface area contributed by atoms with Crippen LogP contribution in [0.4, 0.5) is 11.5 Å². The minimum atomic E-state index is -0.469. The van der Waals surface area contributed by atoms with Crippen LogP contribution in [0.5, 0.6) is 0 Å². The van der Waals surface area contributed by atoms with Crippen molar-refractivity contribution in [1.29, 1.82) is 0 Å². The maximum absolute atomic E-state index is 10.5. The van der Waals surface area contributed by atoms with Crippen molar-refractivity contribution in [3.63, 3.8) is 0 Å². The summed E-state index contributed by atoms with van der Waals surface area (Å²) in [6, 6.07) is 3.83. The summed E-state index contributed by atoms with van der Waals surface area (Å²) in [4.78, 5) is 16.1. The third-order valence-corrected chi connectivity index (χ3v) is 3.68. The molecule has 0 aliphatic carbocycles. The molecule has 0 spiro atoms. The third kappa shape index (κ3) is 1.84. The maximum Gasteiger partial charge on any atom is 0.363 e. The SMILES string of the molecule is O=[N+]([O-])c1ccc(N2CC[C@@H]3CN[C@@H]3C2)cn1. The Kier molecular flexibility index (Phi) is 2.44. The molecular formula is C11H14N4O2. The molecule has 2 fully saturated rings. The van der Waals surface area contributed by atoms with E-state index in [1.807, 2.05) is 0 Å². The second-order valence-corrected chi connectivity index (χ2v) is 4.64. The number of hydrogen-bond donors (Lipinski definition) is 1. The van der Waals surface area contributed by atoms with Gasteiger partial charge in [0.05, 0.1) is 5.69 Å². The molecule has 0 unspecified atom stereocenters. The highest BCUT2D eigenvalue weighted by Gasteiger charge is 2.35. The standard InChI is InChI=1S/C11H14N4O2/c16-15(17)11-2-1-9(6-13-11)14-4-3-8-5-12-10(8)7-14/h1-2,6,8,10,12H,3-5,7H2/t8-,10-/m1/s1. The Morgan fingerprint density at radius 3 is 2.94 bits per heavy atom. The van der Waals surface area contributed by atoms with Crippen molar-refractivity contribution in [1.82, 2.24) is 10.3 Å². The van der Waals surface area contributed by atoms with Crippen LogP contribution in [0.1, 0.15) is 6.42 Å². The molecule has 3 rings (SSSR count). The number of rotatable bonds is 2. The molecule has 2 aliphatic heterocycles. The number of aromatic nitrogens is 1. The van der Waals surface area contributed by atoms with Gasteiger partial charge >= 0.3 is 5.82 Å². The lowest BCUT2D eigenvalue weighted by molar-refractivity contribution is -0.389. The van der Waals surface area contributed by atoms with Crippen molar-refractivity contribution in [2.75, 3.05) is 24.5 Å². The smallest absolute Gasteiger partial charge is 0.363 e. The van der Waals surface area contributed by atoms with E-state index >= 15 is 0 Å². The first-order valence-electron chi connectivity index (χ1n) is 5.83. The van der Waals surface area contributed by atoms with E-state index in [0.717, 1.165) is 31.2 Å². The number of anilines is 1. The number of pyridine rings is 1. The van der Waals surface area contributed by atoms with Gasteiger partial charge in [-0.05, 0) is 34.9 Å². The second kappa shape index (κ2) is 3.96. The van der Waals surface area contributed by atoms with Crippen molar-refractivity contribution < 1.29 is 4.92 Å². The zero-order chi connectivity index (χ0) is 11.8. The minimum absolute atomic E-state index is 0.0922. The third-order valence-electron chi connectivity index (χ3n) is 3.68. The quantitative estimate of drug-likeness (QED) is 0.605. The predicted octanol–water partition coefficient (Wildman–Crippen LogP) is 0.788. The molecule has 0 bridgehead atoms. The molecule has 0 radical (unpaired) electrons. The van der Waals surface area contributed by atoms with Gasteiger partial charge in [-0.25, -0.2) is 0 Å². The van der Waals surface area contributed by atoms with Crippen LogP contribution in [0, 0.1) is 16.0 Å².